The van der Waals surface area contributed by atoms with Gasteiger partial charge in [-0.1, -0.05) is 17.9 Å². The van der Waals surface area contributed by atoms with E-state index in [2.05, 4.69) is 11.8 Å². The maximum atomic E-state index is 12.5. The molecule has 1 aromatic rings. The topological polar surface area (TPSA) is 63.4 Å². The Hall–Kier alpha value is -1.35. The third-order valence-electron chi connectivity index (χ3n) is 3.27. The highest BCUT2D eigenvalue weighted by atomic mass is 32.2. The molecular formula is C14H18N2O2S. The van der Waals surface area contributed by atoms with Gasteiger partial charge in [0, 0.05) is 18.2 Å². The van der Waals surface area contributed by atoms with Crippen molar-refractivity contribution in [2.75, 3.05) is 13.1 Å². The molecule has 1 saturated heterocycles. The van der Waals surface area contributed by atoms with E-state index in [1.165, 1.54) is 0 Å². The smallest absolute Gasteiger partial charge is 0.243 e. The highest BCUT2D eigenvalue weighted by molar-refractivity contribution is 7.89. The molecule has 1 aromatic carbocycles. The van der Waals surface area contributed by atoms with Crippen LogP contribution in [0.3, 0.4) is 0 Å². The Morgan fingerprint density at radius 3 is 2.89 bits per heavy atom. The molecule has 1 aliphatic heterocycles. The van der Waals surface area contributed by atoms with Crippen LogP contribution in [0.5, 0.6) is 0 Å². The number of hydrogen-bond donors (Lipinski definition) is 1. The minimum atomic E-state index is -3.40. The fraction of sp³-hybridized carbons (Fsp3) is 0.429. The fourth-order valence-electron chi connectivity index (χ4n) is 2.29. The Morgan fingerprint density at radius 1 is 1.47 bits per heavy atom. The Morgan fingerprint density at radius 2 is 2.26 bits per heavy atom. The van der Waals surface area contributed by atoms with Crippen LogP contribution in [0.15, 0.2) is 29.2 Å². The van der Waals surface area contributed by atoms with Crippen molar-refractivity contribution in [2.24, 2.45) is 5.73 Å². The van der Waals surface area contributed by atoms with E-state index in [4.69, 9.17) is 5.73 Å². The van der Waals surface area contributed by atoms with Gasteiger partial charge in [-0.05, 0) is 38.0 Å². The second kappa shape index (κ2) is 5.74. The molecule has 2 N–H and O–H groups in total. The Bertz CT molecular complexity index is 614. The predicted molar refractivity (Wildman–Crippen MR) is 75.0 cm³/mol. The summed E-state index contributed by atoms with van der Waals surface area (Å²) in [6.07, 6.45) is 1.85. The first kappa shape index (κ1) is 14.1. The maximum absolute atomic E-state index is 12.5. The van der Waals surface area contributed by atoms with Crippen molar-refractivity contribution in [1.29, 1.82) is 0 Å². The van der Waals surface area contributed by atoms with E-state index >= 15 is 0 Å². The summed E-state index contributed by atoms with van der Waals surface area (Å²) in [6.45, 7) is 2.81. The van der Waals surface area contributed by atoms with Crippen molar-refractivity contribution in [2.45, 2.75) is 30.7 Å². The van der Waals surface area contributed by atoms with Crippen LogP contribution >= 0.6 is 0 Å². The summed E-state index contributed by atoms with van der Waals surface area (Å²) >= 11 is 0. The van der Waals surface area contributed by atoms with Gasteiger partial charge in [-0.15, -0.1) is 0 Å². The summed E-state index contributed by atoms with van der Waals surface area (Å²) in [4.78, 5) is 0.310. The standard InChI is InChI=1S/C14H18N2O2S/c1-12-5-4-10-16(12)19(17,18)14-8-2-6-13(11-14)7-3-9-15/h2,6,8,11-12H,4-5,9-10,15H2,1H3. The van der Waals surface area contributed by atoms with Crippen molar-refractivity contribution in [3.05, 3.63) is 29.8 Å². The average molecular weight is 278 g/mol. The molecule has 0 radical (unpaired) electrons. The normalized spacial score (nSPS) is 20.0. The molecular weight excluding hydrogens is 260 g/mol. The van der Waals surface area contributed by atoms with Gasteiger partial charge in [0.2, 0.25) is 10.0 Å². The Labute approximate surface area is 114 Å². The van der Waals surface area contributed by atoms with Crippen LogP contribution < -0.4 is 5.73 Å². The molecule has 0 spiro atoms. The van der Waals surface area contributed by atoms with E-state index in [0.29, 0.717) is 17.0 Å². The van der Waals surface area contributed by atoms with Crippen molar-refractivity contribution in [3.63, 3.8) is 0 Å². The van der Waals surface area contributed by atoms with Crippen molar-refractivity contribution in [3.8, 4) is 11.8 Å². The molecule has 0 aliphatic carbocycles. The maximum Gasteiger partial charge on any atom is 0.243 e. The summed E-state index contributed by atoms with van der Waals surface area (Å²) < 4.78 is 26.6. The molecule has 0 aromatic heterocycles. The van der Waals surface area contributed by atoms with Gasteiger partial charge in [0.15, 0.2) is 0 Å². The van der Waals surface area contributed by atoms with E-state index < -0.39 is 10.0 Å². The van der Waals surface area contributed by atoms with Crippen LogP contribution in [0.1, 0.15) is 25.3 Å². The minimum Gasteiger partial charge on any atom is -0.320 e. The van der Waals surface area contributed by atoms with Crippen molar-refractivity contribution >= 4 is 10.0 Å². The molecule has 5 heteroatoms. The van der Waals surface area contributed by atoms with Crippen LogP contribution in [0.25, 0.3) is 0 Å². The molecule has 1 fully saturated rings. The van der Waals surface area contributed by atoms with Crippen molar-refractivity contribution in [1.82, 2.24) is 4.31 Å². The van der Waals surface area contributed by atoms with Gasteiger partial charge in [0.25, 0.3) is 0 Å². The fourth-order valence-corrected chi connectivity index (χ4v) is 4.03. The van der Waals surface area contributed by atoms with Crippen LogP contribution in [0.4, 0.5) is 0 Å². The lowest BCUT2D eigenvalue weighted by Crippen LogP contribution is -2.33. The van der Waals surface area contributed by atoms with Gasteiger partial charge < -0.3 is 5.73 Å². The minimum absolute atomic E-state index is 0.0729. The molecule has 0 amide bonds. The summed E-state index contributed by atoms with van der Waals surface area (Å²) in [6, 6.07) is 6.81. The number of benzene rings is 1. The van der Waals surface area contributed by atoms with E-state index in [9.17, 15) is 8.42 Å². The summed E-state index contributed by atoms with van der Waals surface area (Å²) in [5.74, 6) is 5.59. The molecule has 1 heterocycles. The van der Waals surface area contributed by atoms with Gasteiger partial charge in [0.1, 0.15) is 0 Å². The lowest BCUT2D eigenvalue weighted by molar-refractivity contribution is 0.408. The number of nitrogens with two attached hydrogens (primary N) is 1. The quantitative estimate of drug-likeness (QED) is 0.826. The summed E-state index contributed by atoms with van der Waals surface area (Å²) in [5, 5.41) is 0. The molecule has 102 valence electrons. The van der Waals surface area contributed by atoms with E-state index in [1.54, 1.807) is 28.6 Å². The van der Waals surface area contributed by atoms with Crippen molar-refractivity contribution < 1.29 is 8.42 Å². The lowest BCUT2D eigenvalue weighted by atomic mass is 10.2. The van der Waals surface area contributed by atoms with Crippen LogP contribution in [-0.2, 0) is 10.0 Å². The van der Waals surface area contributed by atoms with Gasteiger partial charge in [-0.2, -0.15) is 4.31 Å². The SMILES string of the molecule is CC1CCCN1S(=O)(=O)c1cccc(C#CCN)c1. The van der Waals surface area contributed by atoms with Crippen LogP contribution in [0.2, 0.25) is 0 Å². The number of nitrogens with zero attached hydrogens (tertiary/aromatic N) is 1. The molecule has 1 unspecified atom stereocenters. The summed E-state index contributed by atoms with van der Waals surface area (Å²) in [7, 11) is -3.40. The van der Waals surface area contributed by atoms with Gasteiger partial charge in [0.05, 0.1) is 11.4 Å². The largest absolute Gasteiger partial charge is 0.320 e. The zero-order chi connectivity index (χ0) is 13.9. The van der Waals surface area contributed by atoms with Gasteiger partial charge in [-0.3, -0.25) is 0 Å². The second-order valence-corrected chi connectivity index (χ2v) is 6.53. The first-order valence-corrected chi connectivity index (χ1v) is 7.80. The number of sulfonamides is 1. The number of rotatable bonds is 2. The Kier molecular flexibility index (Phi) is 4.25. The molecule has 1 atom stereocenters. The highest BCUT2D eigenvalue weighted by Gasteiger charge is 2.32. The van der Waals surface area contributed by atoms with Crippen LogP contribution in [0, 0.1) is 11.8 Å². The molecule has 1 aliphatic rings. The second-order valence-electron chi connectivity index (χ2n) is 4.64. The highest BCUT2D eigenvalue weighted by Crippen LogP contribution is 2.25. The molecule has 0 bridgehead atoms. The summed E-state index contributed by atoms with van der Waals surface area (Å²) in [5.41, 5.74) is 6.00. The third kappa shape index (κ3) is 2.98. The van der Waals surface area contributed by atoms with Gasteiger partial charge in [-0.25, -0.2) is 8.42 Å². The molecule has 4 nitrogen and oxygen atoms in total. The third-order valence-corrected chi connectivity index (χ3v) is 5.28. The Balaban J connectivity index is 2.35. The van der Waals surface area contributed by atoms with E-state index in [-0.39, 0.29) is 12.6 Å². The zero-order valence-electron chi connectivity index (χ0n) is 11.0. The van der Waals surface area contributed by atoms with E-state index in [0.717, 1.165) is 12.8 Å². The predicted octanol–water partition coefficient (Wildman–Crippen LogP) is 1.17. The van der Waals surface area contributed by atoms with E-state index in [1.807, 2.05) is 6.92 Å². The molecule has 0 saturated carbocycles. The first-order valence-electron chi connectivity index (χ1n) is 6.36. The van der Waals surface area contributed by atoms with Crippen LogP contribution in [-0.4, -0.2) is 31.9 Å². The van der Waals surface area contributed by atoms with Gasteiger partial charge >= 0.3 is 0 Å². The zero-order valence-corrected chi connectivity index (χ0v) is 11.8. The number of hydrogen-bond acceptors (Lipinski definition) is 3. The first-order chi connectivity index (χ1) is 9.05. The average Bonchev–Trinajstić information content (AvgIpc) is 2.84. The molecule has 2 rings (SSSR count). The molecule has 19 heavy (non-hydrogen) atoms. The lowest BCUT2D eigenvalue weighted by Gasteiger charge is -2.20. The monoisotopic (exact) mass is 278 g/mol.